The lowest BCUT2D eigenvalue weighted by atomic mass is 9.80. The Bertz CT molecular complexity index is 596. The SMILES string of the molecule is CCNC(Cc1cncc(Br)c1)C1CCCc2sccc21. The van der Waals surface area contributed by atoms with E-state index in [9.17, 15) is 0 Å². The van der Waals surface area contributed by atoms with Gasteiger partial charge < -0.3 is 5.32 Å². The Morgan fingerprint density at radius 2 is 2.38 bits per heavy atom. The van der Waals surface area contributed by atoms with Crippen molar-refractivity contribution >= 4 is 27.3 Å². The molecule has 0 fully saturated rings. The van der Waals surface area contributed by atoms with Crippen molar-refractivity contribution in [3.05, 3.63) is 50.4 Å². The van der Waals surface area contributed by atoms with E-state index in [1.807, 2.05) is 23.7 Å². The molecule has 4 heteroatoms. The molecule has 1 aliphatic carbocycles. The fraction of sp³-hybridized carbons (Fsp3) is 0.471. The number of aryl methyl sites for hydroxylation is 1. The van der Waals surface area contributed by atoms with Crippen LogP contribution in [-0.4, -0.2) is 17.6 Å². The third-order valence-electron chi connectivity index (χ3n) is 4.27. The number of thiophene rings is 1. The second kappa shape index (κ2) is 7.03. The van der Waals surface area contributed by atoms with Gasteiger partial charge in [0.15, 0.2) is 0 Å². The number of pyridine rings is 1. The van der Waals surface area contributed by atoms with Gasteiger partial charge in [-0.15, -0.1) is 11.3 Å². The van der Waals surface area contributed by atoms with Crippen molar-refractivity contribution in [2.45, 2.75) is 44.6 Å². The van der Waals surface area contributed by atoms with Gasteiger partial charge in [0, 0.05) is 33.7 Å². The van der Waals surface area contributed by atoms with Gasteiger partial charge in [-0.2, -0.15) is 0 Å². The summed E-state index contributed by atoms with van der Waals surface area (Å²) in [7, 11) is 0. The average Bonchev–Trinajstić information content (AvgIpc) is 2.95. The summed E-state index contributed by atoms with van der Waals surface area (Å²) in [6, 6.07) is 5.03. The molecule has 0 radical (unpaired) electrons. The maximum atomic E-state index is 4.30. The molecular formula is C17H21BrN2S. The molecule has 0 spiro atoms. The summed E-state index contributed by atoms with van der Waals surface area (Å²) >= 11 is 5.45. The minimum absolute atomic E-state index is 0.500. The van der Waals surface area contributed by atoms with E-state index < -0.39 is 0 Å². The summed E-state index contributed by atoms with van der Waals surface area (Å²) < 4.78 is 1.06. The minimum atomic E-state index is 0.500. The summed E-state index contributed by atoms with van der Waals surface area (Å²) in [4.78, 5) is 5.90. The molecule has 0 saturated heterocycles. The third-order valence-corrected chi connectivity index (χ3v) is 5.70. The maximum absolute atomic E-state index is 4.30. The smallest absolute Gasteiger partial charge is 0.0410 e. The number of hydrogen-bond acceptors (Lipinski definition) is 3. The number of nitrogens with zero attached hydrogens (tertiary/aromatic N) is 1. The molecule has 2 nitrogen and oxygen atoms in total. The van der Waals surface area contributed by atoms with E-state index in [1.165, 1.54) is 24.8 Å². The molecule has 0 aliphatic heterocycles. The van der Waals surface area contributed by atoms with E-state index >= 15 is 0 Å². The Morgan fingerprint density at radius 1 is 1.48 bits per heavy atom. The molecule has 1 aliphatic rings. The molecule has 0 aromatic carbocycles. The van der Waals surface area contributed by atoms with Gasteiger partial charge in [0.1, 0.15) is 0 Å². The van der Waals surface area contributed by atoms with Crippen molar-refractivity contribution in [3.8, 4) is 0 Å². The van der Waals surface area contributed by atoms with Crippen LogP contribution in [0.25, 0.3) is 0 Å². The van der Waals surface area contributed by atoms with E-state index in [0.717, 1.165) is 17.4 Å². The minimum Gasteiger partial charge on any atom is -0.313 e. The predicted octanol–water partition coefficient (Wildman–Crippen LogP) is 4.55. The normalized spacial score (nSPS) is 19.2. The Kier molecular flexibility index (Phi) is 5.09. The number of nitrogens with one attached hydrogen (secondary N) is 1. The van der Waals surface area contributed by atoms with Gasteiger partial charge in [0.2, 0.25) is 0 Å². The molecule has 3 rings (SSSR count). The summed E-state index contributed by atoms with van der Waals surface area (Å²) in [6.07, 6.45) is 8.76. The summed E-state index contributed by atoms with van der Waals surface area (Å²) in [5.74, 6) is 0.638. The van der Waals surface area contributed by atoms with E-state index in [2.05, 4.69) is 50.7 Å². The number of rotatable bonds is 5. The molecule has 2 atom stereocenters. The highest BCUT2D eigenvalue weighted by Crippen LogP contribution is 2.37. The quantitative estimate of drug-likeness (QED) is 0.841. The molecule has 0 amide bonds. The lowest BCUT2D eigenvalue weighted by Gasteiger charge is -2.31. The fourth-order valence-corrected chi connectivity index (χ4v) is 4.79. The molecule has 2 unspecified atom stereocenters. The van der Waals surface area contributed by atoms with Crippen molar-refractivity contribution in [1.29, 1.82) is 0 Å². The summed E-state index contributed by atoms with van der Waals surface area (Å²) in [5.41, 5.74) is 2.89. The zero-order valence-electron chi connectivity index (χ0n) is 12.3. The van der Waals surface area contributed by atoms with Crippen LogP contribution in [0.3, 0.4) is 0 Å². The highest BCUT2D eigenvalue weighted by atomic mass is 79.9. The van der Waals surface area contributed by atoms with Gasteiger partial charge in [-0.05, 0) is 76.8 Å². The molecule has 0 saturated carbocycles. The Hall–Kier alpha value is -0.710. The number of aromatic nitrogens is 1. The van der Waals surface area contributed by atoms with Crippen molar-refractivity contribution < 1.29 is 0 Å². The first-order valence-electron chi connectivity index (χ1n) is 7.67. The van der Waals surface area contributed by atoms with E-state index in [4.69, 9.17) is 0 Å². The first-order chi connectivity index (χ1) is 10.3. The van der Waals surface area contributed by atoms with Crippen LogP contribution in [0.1, 0.15) is 41.7 Å². The molecule has 1 N–H and O–H groups in total. The van der Waals surface area contributed by atoms with E-state index in [1.54, 1.807) is 10.4 Å². The van der Waals surface area contributed by atoms with Crippen molar-refractivity contribution in [2.75, 3.05) is 6.54 Å². The van der Waals surface area contributed by atoms with Crippen LogP contribution in [0.2, 0.25) is 0 Å². The van der Waals surface area contributed by atoms with Crippen molar-refractivity contribution in [1.82, 2.24) is 10.3 Å². The predicted molar refractivity (Wildman–Crippen MR) is 93.1 cm³/mol. The monoisotopic (exact) mass is 364 g/mol. The largest absolute Gasteiger partial charge is 0.313 e. The molecule has 2 aromatic heterocycles. The van der Waals surface area contributed by atoms with Gasteiger partial charge in [0.25, 0.3) is 0 Å². The van der Waals surface area contributed by atoms with Crippen LogP contribution in [0.15, 0.2) is 34.4 Å². The zero-order valence-corrected chi connectivity index (χ0v) is 14.7. The first-order valence-corrected chi connectivity index (χ1v) is 9.34. The lowest BCUT2D eigenvalue weighted by Crippen LogP contribution is -2.38. The molecule has 112 valence electrons. The van der Waals surface area contributed by atoms with Gasteiger partial charge in [-0.3, -0.25) is 4.98 Å². The van der Waals surface area contributed by atoms with Gasteiger partial charge in [-0.25, -0.2) is 0 Å². The van der Waals surface area contributed by atoms with Gasteiger partial charge in [0.05, 0.1) is 0 Å². The van der Waals surface area contributed by atoms with E-state index in [0.29, 0.717) is 12.0 Å². The first kappa shape index (κ1) is 15.2. The van der Waals surface area contributed by atoms with Gasteiger partial charge >= 0.3 is 0 Å². The van der Waals surface area contributed by atoms with E-state index in [-0.39, 0.29) is 0 Å². The van der Waals surface area contributed by atoms with Gasteiger partial charge in [-0.1, -0.05) is 6.92 Å². The van der Waals surface area contributed by atoms with Crippen LogP contribution in [0.5, 0.6) is 0 Å². The number of hydrogen-bond donors (Lipinski definition) is 1. The number of fused-ring (bicyclic) bond motifs is 1. The molecule has 2 aromatic rings. The fourth-order valence-electron chi connectivity index (χ4n) is 3.38. The summed E-state index contributed by atoms with van der Waals surface area (Å²) in [6.45, 7) is 3.21. The van der Waals surface area contributed by atoms with Crippen molar-refractivity contribution in [3.63, 3.8) is 0 Å². The van der Waals surface area contributed by atoms with Crippen LogP contribution < -0.4 is 5.32 Å². The second-order valence-electron chi connectivity index (χ2n) is 5.68. The standard InChI is InChI=1S/C17H21BrN2S/c1-2-20-16(9-12-8-13(18)11-19-10-12)14-4-3-5-17-15(14)6-7-21-17/h6-8,10-11,14,16,20H,2-5,9H2,1H3. The van der Waals surface area contributed by atoms with Crippen LogP contribution in [-0.2, 0) is 12.8 Å². The maximum Gasteiger partial charge on any atom is 0.0410 e. The van der Waals surface area contributed by atoms with Crippen molar-refractivity contribution in [2.24, 2.45) is 0 Å². The topological polar surface area (TPSA) is 24.9 Å². The van der Waals surface area contributed by atoms with Crippen LogP contribution in [0, 0.1) is 0 Å². The summed E-state index contributed by atoms with van der Waals surface area (Å²) in [5, 5.41) is 5.97. The lowest BCUT2D eigenvalue weighted by molar-refractivity contribution is 0.398. The highest BCUT2D eigenvalue weighted by Gasteiger charge is 2.28. The van der Waals surface area contributed by atoms with Crippen LogP contribution in [0.4, 0.5) is 0 Å². The highest BCUT2D eigenvalue weighted by molar-refractivity contribution is 9.10. The second-order valence-corrected chi connectivity index (χ2v) is 7.59. The molecule has 2 heterocycles. The number of likely N-dealkylation sites (N-methyl/N-ethyl adjacent to an activating group) is 1. The zero-order chi connectivity index (χ0) is 14.7. The van der Waals surface area contributed by atoms with Crippen LogP contribution >= 0.6 is 27.3 Å². The Balaban J connectivity index is 1.82. The number of halogens is 1. The molecule has 21 heavy (non-hydrogen) atoms. The Labute approximate surface area is 139 Å². The average molecular weight is 365 g/mol. The Morgan fingerprint density at radius 3 is 3.19 bits per heavy atom. The third kappa shape index (κ3) is 3.55. The molecular weight excluding hydrogens is 344 g/mol. The molecule has 0 bridgehead atoms.